The van der Waals surface area contributed by atoms with Gasteiger partial charge in [-0.2, -0.15) is 0 Å². The highest BCUT2D eigenvalue weighted by molar-refractivity contribution is 9.10. The second-order valence-corrected chi connectivity index (χ2v) is 5.02. The van der Waals surface area contributed by atoms with Gasteiger partial charge < -0.3 is 9.47 Å². The van der Waals surface area contributed by atoms with E-state index in [9.17, 15) is 14.4 Å². The molecule has 0 radical (unpaired) electrons. The summed E-state index contributed by atoms with van der Waals surface area (Å²) in [5, 5.41) is 0. The van der Waals surface area contributed by atoms with Gasteiger partial charge in [0.2, 0.25) is 0 Å². The van der Waals surface area contributed by atoms with Crippen molar-refractivity contribution in [1.29, 1.82) is 0 Å². The third kappa shape index (κ3) is 3.32. The Balaban J connectivity index is 2.31. The molecule has 1 aliphatic heterocycles. The zero-order chi connectivity index (χ0) is 14.0. The summed E-state index contributed by atoms with van der Waals surface area (Å²) in [7, 11) is 1.24. The molecule has 1 aromatic heterocycles. The lowest BCUT2D eigenvalue weighted by molar-refractivity contribution is -0.141. The van der Waals surface area contributed by atoms with Gasteiger partial charge in [-0.05, 0) is 22.4 Å². The average Bonchev–Trinajstić information content (AvgIpc) is 3.19. The van der Waals surface area contributed by atoms with Crippen molar-refractivity contribution in [2.24, 2.45) is 0 Å². The number of methoxy groups -OCH3 is 1. The van der Waals surface area contributed by atoms with Crippen molar-refractivity contribution in [3.05, 3.63) is 31.5 Å². The molecular formula is C11H13BrN2O5. The van der Waals surface area contributed by atoms with Crippen LogP contribution in [0.25, 0.3) is 0 Å². The van der Waals surface area contributed by atoms with Gasteiger partial charge >= 0.3 is 11.7 Å². The topological polar surface area (TPSA) is 82.8 Å². The maximum absolute atomic E-state index is 12.1. The Hall–Kier alpha value is -1.41. The number of epoxide rings is 1. The quantitative estimate of drug-likeness (QED) is 0.547. The van der Waals surface area contributed by atoms with Gasteiger partial charge in [0.1, 0.15) is 6.54 Å². The molecule has 0 saturated carbocycles. The lowest BCUT2D eigenvalue weighted by Gasteiger charge is -2.09. The van der Waals surface area contributed by atoms with E-state index in [2.05, 4.69) is 20.7 Å². The smallest absolute Gasteiger partial charge is 0.331 e. The summed E-state index contributed by atoms with van der Waals surface area (Å²) in [5.74, 6) is -0.551. The predicted molar refractivity (Wildman–Crippen MR) is 69.0 cm³/mol. The number of hydrogen-bond donors (Lipinski definition) is 0. The minimum Gasteiger partial charge on any atom is -0.468 e. The van der Waals surface area contributed by atoms with Crippen LogP contribution in [-0.2, 0) is 27.4 Å². The van der Waals surface area contributed by atoms with E-state index in [1.54, 1.807) is 0 Å². The largest absolute Gasteiger partial charge is 0.468 e. The van der Waals surface area contributed by atoms with Gasteiger partial charge in [0, 0.05) is 12.7 Å². The Labute approximate surface area is 116 Å². The van der Waals surface area contributed by atoms with E-state index in [1.165, 1.54) is 13.3 Å². The molecule has 2 rings (SSSR count). The van der Waals surface area contributed by atoms with Crippen LogP contribution in [0.1, 0.15) is 6.42 Å². The summed E-state index contributed by atoms with van der Waals surface area (Å²) in [6.45, 7) is 0.705. The molecule has 1 atom stereocenters. The first kappa shape index (κ1) is 14.0. The first-order chi connectivity index (χ1) is 9.02. The number of esters is 1. The number of carbonyl (C=O) groups is 1. The molecule has 1 aliphatic rings. The summed E-state index contributed by atoms with van der Waals surface area (Å²) in [5.41, 5.74) is -0.939. The highest BCUT2D eigenvalue weighted by atomic mass is 79.9. The van der Waals surface area contributed by atoms with Crippen molar-refractivity contribution in [2.75, 3.05) is 13.7 Å². The minimum absolute atomic E-state index is 0.124. The number of ether oxygens (including phenoxy) is 2. The van der Waals surface area contributed by atoms with Crippen LogP contribution in [0.5, 0.6) is 0 Å². The second-order valence-electron chi connectivity index (χ2n) is 4.16. The number of carbonyl (C=O) groups excluding carboxylic acids is 1. The molecule has 0 N–H and O–H groups in total. The SMILES string of the molecule is COC(=O)Cn1cc(Br)c(=O)n(CC[C@H]2CO2)c1=O. The van der Waals surface area contributed by atoms with E-state index in [-0.39, 0.29) is 23.7 Å². The molecule has 7 nitrogen and oxygen atoms in total. The van der Waals surface area contributed by atoms with Crippen LogP contribution in [0.2, 0.25) is 0 Å². The lowest BCUT2D eigenvalue weighted by Crippen LogP contribution is -2.41. The highest BCUT2D eigenvalue weighted by Gasteiger charge is 2.23. The van der Waals surface area contributed by atoms with Crippen LogP contribution < -0.4 is 11.2 Å². The number of rotatable bonds is 5. The van der Waals surface area contributed by atoms with Gasteiger partial charge in [-0.15, -0.1) is 0 Å². The summed E-state index contributed by atoms with van der Waals surface area (Å²) in [4.78, 5) is 35.2. The minimum atomic E-state index is -0.551. The van der Waals surface area contributed by atoms with Crippen LogP contribution in [0, 0.1) is 0 Å². The third-order valence-corrected chi connectivity index (χ3v) is 3.34. The molecule has 1 fully saturated rings. The third-order valence-electron chi connectivity index (χ3n) is 2.80. The number of hydrogen-bond acceptors (Lipinski definition) is 5. The number of nitrogens with zero attached hydrogens (tertiary/aromatic N) is 2. The molecule has 0 spiro atoms. The Morgan fingerprint density at radius 2 is 2.26 bits per heavy atom. The molecule has 0 aromatic carbocycles. The van der Waals surface area contributed by atoms with E-state index in [0.29, 0.717) is 13.0 Å². The van der Waals surface area contributed by atoms with Gasteiger partial charge in [0.15, 0.2) is 0 Å². The number of halogens is 1. The Morgan fingerprint density at radius 1 is 1.58 bits per heavy atom. The standard InChI is InChI=1S/C11H13BrN2O5/c1-18-9(15)5-13-4-8(12)10(16)14(11(13)17)3-2-7-6-19-7/h4,7H,2-3,5-6H2,1H3/t7-/m0/s1. The fraction of sp³-hybridized carbons (Fsp3) is 0.545. The molecule has 19 heavy (non-hydrogen) atoms. The molecule has 2 heterocycles. The molecule has 0 bridgehead atoms. The molecule has 8 heteroatoms. The van der Waals surface area contributed by atoms with Crippen molar-refractivity contribution in [1.82, 2.24) is 9.13 Å². The van der Waals surface area contributed by atoms with Crippen LogP contribution >= 0.6 is 15.9 Å². The fourth-order valence-electron chi connectivity index (χ4n) is 1.64. The van der Waals surface area contributed by atoms with Crippen LogP contribution in [0.15, 0.2) is 20.3 Å². The summed E-state index contributed by atoms with van der Waals surface area (Å²) < 4.78 is 12.0. The maximum atomic E-state index is 12.1. The van der Waals surface area contributed by atoms with Crippen LogP contribution in [0.3, 0.4) is 0 Å². The van der Waals surface area contributed by atoms with E-state index in [0.717, 1.165) is 9.13 Å². The van der Waals surface area contributed by atoms with Gasteiger partial charge in [-0.1, -0.05) is 0 Å². The predicted octanol–water partition coefficient (Wildman–Crippen LogP) is -0.266. The van der Waals surface area contributed by atoms with Crippen LogP contribution in [0.4, 0.5) is 0 Å². The molecule has 104 valence electrons. The van der Waals surface area contributed by atoms with E-state index >= 15 is 0 Å². The lowest BCUT2D eigenvalue weighted by atomic mass is 10.3. The first-order valence-electron chi connectivity index (χ1n) is 5.71. The van der Waals surface area contributed by atoms with Crippen molar-refractivity contribution in [2.45, 2.75) is 25.6 Å². The van der Waals surface area contributed by atoms with Crippen molar-refractivity contribution >= 4 is 21.9 Å². The average molecular weight is 333 g/mol. The molecule has 1 saturated heterocycles. The van der Waals surface area contributed by atoms with E-state index < -0.39 is 17.2 Å². The Bertz CT molecular complexity index is 602. The highest BCUT2D eigenvalue weighted by Crippen LogP contribution is 2.13. The number of aromatic nitrogens is 2. The first-order valence-corrected chi connectivity index (χ1v) is 6.50. The zero-order valence-electron chi connectivity index (χ0n) is 10.3. The van der Waals surface area contributed by atoms with E-state index in [4.69, 9.17) is 4.74 Å². The zero-order valence-corrected chi connectivity index (χ0v) is 11.9. The summed E-state index contributed by atoms with van der Waals surface area (Å²) >= 11 is 3.09. The van der Waals surface area contributed by atoms with Gasteiger partial charge in [-0.3, -0.25) is 18.7 Å². The monoisotopic (exact) mass is 332 g/mol. The molecular weight excluding hydrogens is 320 g/mol. The van der Waals surface area contributed by atoms with Gasteiger partial charge in [0.05, 0.1) is 24.3 Å². The van der Waals surface area contributed by atoms with Gasteiger partial charge in [0.25, 0.3) is 5.56 Å². The molecule has 0 amide bonds. The molecule has 0 aliphatic carbocycles. The Morgan fingerprint density at radius 3 is 2.84 bits per heavy atom. The molecule has 1 aromatic rings. The van der Waals surface area contributed by atoms with Crippen molar-refractivity contribution in [3.8, 4) is 0 Å². The van der Waals surface area contributed by atoms with E-state index in [1.807, 2.05) is 0 Å². The normalized spacial score (nSPS) is 17.3. The fourth-order valence-corrected chi connectivity index (χ4v) is 2.10. The molecule has 0 unspecified atom stereocenters. The van der Waals surface area contributed by atoms with Crippen LogP contribution in [-0.4, -0.2) is 34.9 Å². The van der Waals surface area contributed by atoms with Crippen molar-refractivity contribution < 1.29 is 14.3 Å². The van der Waals surface area contributed by atoms with Gasteiger partial charge in [-0.25, -0.2) is 4.79 Å². The summed E-state index contributed by atoms with van der Waals surface area (Å²) in [6.07, 6.45) is 2.02. The Kier molecular flexibility index (Phi) is 4.20. The van der Waals surface area contributed by atoms with Crippen molar-refractivity contribution in [3.63, 3.8) is 0 Å². The maximum Gasteiger partial charge on any atom is 0.331 e. The summed E-state index contributed by atoms with van der Waals surface area (Å²) in [6, 6.07) is 0. The second kappa shape index (κ2) is 5.70.